The number of carbonyl (C=O) groups excluding carboxylic acids is 1. The first-order valence-electron chi connectivity index (χ1n) is 10.2. The second kappa shape index (κ2) is 8.87. The number of fused-ring (bicyclic) bond motifs is 1. The van der Waals surface area contributed by atoms with E-state index in [-0.39, 0.29) is 17.2 Å². The minimum atomic E-state index is -0.275. The summed E-state index contributed by atoms with van der Waals surface area (Å²) in [6.45, 7) is 2.31. The molecular weight excluding hydrogens is 392 g/mol. The Balaban J connectivity index is 1.63. The summed E-state index contributed by atoms with van der Waals surface area (Å²) in [5, 5.41) is 7.48. The molecule has 7 nitrogen and oxygen atoms in total. The molecule has 0 aliphatic carbocycles. The van der Waals surface area contributed by atoms with Gasteiger partial charge in [0.2, 0.25) is 0 Å². The third-order valence-electron chi connectivity index (χ3n) is 5.17. The fourth-order valence-corrected chi connectivity index (χ4v) is 3.61. The first-order chi connectivity index (χ1) is 15.1. The van der Waals surface area contributed by atoms with Gasteiger partial charge in [-0.25, -0.2) is 4.52 Å². The summed E-state index contributed by atoms with van der Waals surface area (Å²) in [5.41, 5.74) is 3.76. The molecule has 0 aliphatic heterocycles. The van der Waals surface area contributed by atoms with Gasteiger partial charge in [0.15, 0.2) is 5.69 Å². The van der Waals surface area contributed by atoms with E-state index in [0.717, 1.165) is 18.4 Å². The maximum atomic E-state index is 13.0. The summed E-state index contributed by atoms with van der Waals surface area (Å²) in [6.07, 6.45) is 1.70. The topological polar surface area (TPSA) is 88.5 Å². The van der Waals surface area contributed by atoms with Crippen LogP contribution in [-0.4, -0.2) is 34.2 Å². The van der Waals surface area contributed by atoms with Crippen molar-refractivity contribution in [3.8, 4) is 16.9 Å². The highest BCUT2D eigenvalue weighted by Gasteiger charge is 2.22. The van der Waals surface area contributed by atoms with Gasteiger partial charge in [-0.1, -0.05) is 42.5 Å². The average Bonchev–Trinajstić information content (AvgIpc) is 3.17. The Hall–Kier alpha value is -3.87. The number of carbonyl (C=O) groups is 1. The van der Waals surface area contributed by atoms with Crippen LogP contribution < -0.4 is 15.6 Å². The van der Waals surface area contributed by atoms with Crippen LogP contribution in [0.4, 0.5) is 0 Å². The van der Waals surface area contributed by atoms with Crippen molar-refractivity contribution in [2.45, 2.75) is 19.8 Å². The number of benzene rings is 2. The molecule has 0 spiro atoms. The zero-order valence-electron chi connectivity index (χ0n) is 17.5. The van der Waals surface area contributed by atoms with Gasteiger partial charge in [0.05, 0.1) is 12.7 Å². The van der Waals surface area contributed by atoms with E-state index in [2.05, 4.69) is 27.5 Å². The second-order valence-corrected chi connectivity index (χ2v) is 7.33. The molecule has 0 unspecified atom stereocenters. The van der Waals surface area contributed by atoms with E-state index >= 15 is 0 Å². The summed E-state index contributed by atoms with van der Waals surface area (Å²) < 4.78 is 6.83. The molecule has 7 heteroatoms. The van der Waals surface area contributed by atoms with E-state index in [1.54, 1.807) is 18.5 Å². The Labute approximate surface area is 179 Å². The van der Waals surface area contributed by atoms with Crippen LogP contribution >= 0.6 is 0 Å². The maximum Gasteiger partial charge on any atom is 0.272 e. The van der Waals surface area contributed by atoms with Crippen molar-refractivity contribution in [1.29, 1.82) is 0 Å². The Morgan fingerprint density at radius 1 is 1.13 bits per heavy atom. The zero-order chi connectivity index (χ0) is 21.8. The molecule has 0 saturated heterocycles. The minimum absolute atomic E-state index is 0.241. The van der Waals surface area contributed by atoms with Crippen molar-refractivity contribution in [1.82, 2.24) is 19.9 Å². The lowest BCUT2D eigenvalue weighted by atomic mass is 10.0. The molecular formula is C24H24N4O3. The van der Waals surface area contributed by atoms with Crippen molar-refractivity contribution < 1.29 is 9.53 Å². The number of amides is 1. The Morgan fingerprint density at radius 3 is 2.58 bits per heavy atom. The molecule has 4 aromatic rings. The lowest BCUT2D eigenvalue weighted by molar-refractivity contribution is 0.0948. The number of aromatic nitrogens is 3. The predicted octanol–water partition coefficient (Wildman–Crippen LogP) is 3.37. The van der Waals surface area contributed by atoms with Crippen LogP contribution in [0, 0.1) is 6.92 Å². The van der Waals surface area contributed by atoms with Crippen LogP contribution in [0.3, 0.4) is 0 Å². The van der Waals surface area contributed by atoms with Gasteiger partial charge in [0.1, 0.15) is 11.4 Å². The molecule has 2 N–H and O–H groups in total. The van der Waals surface area contributed by atoms with Gasteiger partial charge in [-0.05, 0) is 43.0 Å². The number of aromatic amines is 1. The standard InChI is InChI=1S/C24H24N4O3/c1-16-15-20(29)26-23-21(18-10-12-19(31-2)13-11-18)22(27-28(16)23)24(30)25-14-6-9-17-7-4-3-5-8-17/h3-5,7-8,10-13,15H,6,9,14H2,1-2H3,(H,25,30)(H,26,29). The number of rotatable bonds is 7. The van der Waals surface area contributed by atoms with Crippen molar-refractivity contribution in [2.24, 2.45) is 0 Å². The largest absolute Gasteiger partial charge is 0.497 e. The number of nitrogens with one attached hydrogen (secondary N) is 2. The zero-order valence-corrected chi connectivity index (χ0v) is 17.5. The fourth-order valence-electron chi connectivity index (χ4n) is 3.61. The summed E-state index contributed by atoms with van der Waals surface area (Å²) in [7, 11) is 1.60. The van der Waals surface area contributed by atoms with Crippen molar-refractivity contribution in [3.63, 3.8) is 0 Å². The number of nitrogens with zero attached hydrogens (tertiary/aromatic N) is 2. The second-order valence-electron chi connectivity index (χ2n) is 7.33. The monoisotopic (exact) mass is 416 g/mol. The molecule has 2 aromatic carbocycles. The third kappa shape index (κ3) is 4.35. The number of aryl methyl sites for hydroxylation is 2. The Morgan fingerprint density at radius 2 is 1.87 bits per heavy atom. The smallest absolute Gasteiger partial charge is 0.272 e. The number of ether oxygens (including phenoxy) is 1. The average molecular weight is 416 g/mol. The van der Waals surface area contributed by atoms with Gasteiger partial charge in [0, 0.05) is 18.3 Å². The Bertz CT molecular complexity index is 1260. The summed E-state index contributed by atoms with van der Waals surface area (Å²) >= 11 is 0. The molecule has 0 radical (unpaired) electrons. The highest BCUT2D eigenvalue weighted by molar-refractivity contribution is 6.02. The molecule has 4 rings (SSSR count). The molecule has 2 heterocycles. The van der Waals surface area contributed by atoms with Crippen molar-refractivity contribution in [3.05, 3.63) is 88.0 Å². The highest BCUT2D eigenvalue weighted by Crippen LogP contribution is 2.29. The number of methoxy groups -OCH3 is 1. The fraction of sp³-hybridized carbons (Fsp3) is 0.208. The van der Waals surface area contributed by atoms with Gasteiger partial charge in [-0.2, -0.15) is 5.10 Å². The molecule has 1 amide bonds. The van der Waals surface area contributed by atoms with Gasteiger partial charge < -0.3 is 15.0 Å². The molecule has 0 bridgehead atoms. The van der Waals surface area contributed by atoms with Crippen LogP contribution in [-0.2, 0) is 6.42 Å². The number of hydrogen-bond donors (Lipinski definition) is 2. The maximum absolute atomic E-state index is 13.0. The first-order valence-corrected chi connectivity index (χ1v) is 10.2. The Kier molecular flexibility index (Phi) is 5.84. The normalized spacial score (nSPS) is 10.9. The lowest BCUT2D eigenvalue weighted by Gasteiger charge is -2.07. The van der Waals surface area contributed by atoms with Crippen molar-refractivity contribution in [2.75, 3.05) is 13.7 Å². The van der Waals surface area contributed by atoms with Crippen LogP contribution in [0.1, 0.15) is 28.2 Å². The van der Waals surface area contributed by atoms with E-state index in [4.69, 9.17) is 4.74 Å². The van der Waals surface area contributed by atoms with E-state index < -0.39 is 0 Å². The van der Waals surface area contributed by atoms with Gasteiger partial charge >= 0.3 is 0 Å². The van der Waals surface area contributed by atoms with E-state index in [9.17, 15) is 9.59 Å². The van der Waals surface area contributed by atoms with Crippen LogP contribution in [0.15, 0.2) is 65.5 Å². The highest BCUT2D eigenvalue weighted by atomic mass is 16.5. The first kappa shape index (κ1) is 20.4. The number of H-pyrrole nitrogens is 1. The SMILES string of the molecule is COc1ccc(-c2c(C(=O)NCCCc3ccccc3)nn3c(C)cc(=O)[nH]c23)cc1. The molecule has 0 fully saturated rings. The summed E-state index contributed by atoms with van der Waals surface area (Å²) in [5.74, 6) is 0.430. The lowest BCUT2D eigenvalue weighted by Crippen LogP contribution is -2.25. The molecule has 158 valence electrons. The summed E-state index contributed by atoms with van der Waals surface area (Å²) in [6, 6.07) is 18.9. The molecule has 31 heavy (non-hydrogen) atoms. The minimum Gasteiger partial charge on any atom is -0.497 e. The number of hydrogen-bond acceptors (Lipinski definition) is 4. The summed E-state index contributed by atoms with van der Waals surface area (Å²) in [4.78, 5) is 28.0. The van der Waals surface area contributed by atoms with E-state index in [1.807, 2.05) is 42.5 Å². The van der Waals surface area contributed by atoms with Crippen LogP contribution in [0.25, 0.3) is 16.8 Å². The van der Waals surface area contributed by atoms with Gasteiger partial charge in [0.25, 0.3) is 11.5 Å². The molecule has 0 atom stereocenters. The van der Waals surface area contributed by atoms with Crippen molar-refractivity contribution >= 4 is 11.6 Å². The van der Waals surface area contributed by atoms with Crippen LogP contribution in [0.2, 0.25) is 0 Å². The quantitative estimate of drug-likeness (QED) is 0.452. The predicted molar refractivity (Wildman–Crippen MR) is 120 cm³/mol. The van der Waals surface area contributed by atoms with Crippen LogP contribution in [0.5, 0.6) is 5.75 Å². The molecule has 0 saturated carbocycles. The molecule has 0 aliphatic rings. The van der Waals surface area contributed by atoms with E-state index in [0.29, 0.717) is 29.2 Å². The molecule has 2 aromatic heterocycles. The van der Waals surface area contributed by atoms with Gasteiger partial charge in [-0.15, -0.1) is 0 Å². The third-order valence-corrected chi connectivity index (χ3v) is 5.17. The van der Waals surface area contributed by atoms with E-state index in [1.165, 1.54) is 11.6 Å². The van der Waals surface area contributed by atoms with Gasteiger partial charge in [-0.3, -0.25) is 9.59 Å².